The fourth-order valence-electron chi connectivity index (χ4n) is 2.57. The molecule has 0 saturated heterocycles. The molecule has 0 aromatic heterocycles. The molecule has 5 nitrogen and oxygen atoms in total. The van der Waals surface area contributed by atoms with E-state index < -0.39 is 11.6 Å². The van der Waals surface area contributed by atoms with Gasteiger partial charge in [-0.05, 0) is 48.4 Å². The highest BCUT2D eigenvalue weighted by atomic mass is 19.1. The first kappa shape index (κ1) is 17.8. The van der Waals surface area contributed by atoms with E-state index in [0.29, 0.717) is 18.1 Å². The number of hydrogen-bond acceptors (Lipinski definition) is 5. The lowest BCUT2D eigenvalue weighted by Crippen LogP contribution is -2.32. The molecule has 26 heavy (non-hydrogen) atoms. The van der Waals surface area contributed by atoms with Crippen LogP contribution in [0.5, 0.6) is 0 Å². The smallest absolute Gasteiger partial charge is 0.149 e. The summed E-state index contributed by atoms with van der Waals surface area (Å²) in [7, 11) is 1.63. The third-order valence-electron chi connectivity index (χ3n) is 3.98. The van der Waals surface area contributed by atoms with Crippen LogP contribution >= 0.6 is 0 Å². The van der Waals surface area contributed by atoms with Crippen molar-refractivity contribution in [2.45, 2.75) is 6.92 Å². The van der Waals surface area contributed by atoms with E-state index in [0.717, 1.165) is 23.0 Å². The van der Waals surface area contributed by atoms with Crippen molar-refractivity contribution in [3.63, 3.8) is 0 Å². The molecule has 2 aliphatic rings. The summed E-state index contributed by atoms with van der Waals surface area (Å²) >= 11 is 0. The summed E-state index contributed by atoms with van der Waals surface area (Å²) in [4.78, 5) is 8.50. The second kappa shape index (κ2) is 7.45. The molecule has 1 aromatic carbocycles. The summed E-state index contributed by atoms with van der Waals surface area (Å²) < 4.78 is 26.8. The molecule has 2 N–H and O–H groups in total. The van der Waals surface area contributed by atoms with E-state index in [1.54, 1.807) is 7.05 Å². The Kier molecular flexibility index (Phi) is 5.09. The summed E-state index contributed by atoms with van der Waals surface area (Å²) in [5.74, 6) is -0.454. The first-order chi connectivity index (χ1) is 12.5. The zero-order valence-electron chi connectivity index (χ0n) is 14.6. The van der Waals surface area contributed by atoms with Gasteiger partial charge < -0.3 is 5.32 Å². The minimum atomic E-state index is -0.688. The molecule has 0 unspecified atom stereocenters. The third-order valence-corrected chi connectivity index (χ3v) is 3.98. The molecule has 0 spiro atoms. The standard InChI is InChI=1S/C19H19F2N5/c1-12(14-4-7-19-23-11-24-26(19)10-14)8-18(22-3)13(2)25-17-6-5-15(20)9-16(17)21/h4-10,24-25H,2,11H2,1,3H3/b12-8+,22-18?. The lowest BCUT2D eigenvalue weighted by atomic mass is 10.0. The first-order valence-corrected chi connectivity index (χ1v) is 8.02. The van der Waals surface area contributed by atoms with Crippen LogP contribution in [0, 0.1) is 11.6 Å². The van der Waals surface area contributed by atoms with Gasteiger partial charge in [0.05, 0.1) is 17.1 Å². The monoisotopic (exact) mass is 355 g/mol. The Hall–Kier alpha value is -3.06. The molecule has 0 saturated carbocycles. The number of nitrogens with zero attached hydrogens (tertiary/aromatic N) is 3. The van der Waals surface area contributed by atoms with Crippen LogP contribution in [-0.2, 0) is 0 Å². The lowest BCUT2D eigenvalue weighted by Gasteiger charge is -2.19. The molecule has 2 heterocycles. The van der Waals surface area contributed by atoms with E-state index in [9.17, 15) is 8.78 Å². The van der Waals surface area contributed by atoms with Crippen molar-refractivity contribution in [2.75, 3.05) is 19.0 Å². The number of allylic oxidation sites excluding steroid dienone is 4. The van der Waals surface area contributed by atoms with Crippen LogP contribution in [0.1, 0.15) is 6.92 Å². The number of rotatable bonds is 5. The van der Waals surface area contributed by atoms with Crippen molar-refractivity contribution >= 4 is 17.2 Å². The highest BCUT2D eigenvalue weighted by Gasteiger charge is 2.17. The zero-order valence-corrected chi connectivity index (χ0v) is 14.6. The van der Waals surface area contributed by atoms with Crippen LogP contribution in [0.4, 0.5) is 14.5 Å². The average Bonchev–Trinajstić information content (AvgIpc) is 3.09. The van der Waals surface area contributed by atoms with Gasteiger partial charge in [-0.2, -0.15) is 0 Å². The van der Waals surface area contributed by atoms with E-state index in [-0.39, 0.29) is 5.69 Å². The zero-order chi connectivity index (χ0) is 18.7. The number of fused-ring (bicyclic) bond motifs is 1. The minimum absolute atomic E-state index is 0.141. The van der Waals surface area contributed by atoms with Gasteiger partial charge in [-0.15, -0.1) is 0 Å². The van der Waals surface area contributed by atoms with Gasteiger partial charge in [0, 0.05) is 19.3 Å². The predicted molar refractivity (Wildman–Crippen MR) is 101 cm³/mol. The Morgan fingerprint density at radius 2 is 2.19 bits per heavy atom. The largest absolute Gasteiger partial charge is 0.352 e. The van der Waals surface area contributed by atoms with E-state index in [1.165, 1.54) is 12.1 Å². The van der Waals surface area contributed by atoms with Crippen LogP contribution in [0.3, 0.4) is 0 Å². The number of amidine groups is 1. The molecule has 7 heteroatoms. The maximum atomic E-state index is 13.8. The topological polar surface area (TPSA) is 52.0 Å². The Morgan fingerprint density at radius 3 is 2.92 bits per heavy atom. The number of nitrogens with one attached hydrogen (secondary N) is 2. The summed E-state index contributed by atoms with van der Waals surface area (Å²) in [6.45, 7) is 6.41. The van der Waals surface area contributed by atoms with Crippen molar-refractivity contribution < 1.29 is 8.78 Å². The van der Waals surface area contributed by atoms with Crippen molar-refractivity contribution in [1.29, 1.82) is 0 Å². The van der Waals surface area contributed by atoms with Gasteiger partial charge in [-0.3, -0.25) is 10.0 Å². The molecule has 3 rings (SSSR count). The van der Waals surface area contributed by atoms with Gasteiger partial charge in [0.25, 0.3) is 0 Å². The van der Waals surface area contributed by atoms with E-state index in [4.69, 9.17) is 0 Å². The normalized spacial score (nSPS) is 17.0. The van der Waals surface area contributed by atoms with Crippen molar-refractivity contribution in [2.24, 2.45) is 9.98 Å². The molecular weight excluding hydrogens is 336 g/mol. The Morgan fingerprint density at radius 1 is 1.38 bits per heavy atom. The Labute approximate surface area is 150 Å². The van der Waals surface area contributed by atoms with Gasteiger partial charge in [0.2, 0.25) is 0 Å². The molecule has 0 amide bonds. The van der Waals surface area contributed by atoms with Gasteiger partial charge >= 0.3 is 0 Å². The average molecular weight is 355 g/mol. The van der Waals surface area contributed by atoms with Crippen LogP contribution < -0.4 is 10.7 Å². The maximum Gasteiger partial charge on any atom is 0.149 e. The van der Waals surface area contributed by atoms with Gasteiger partial charge in [-0.25, -0.2) is 19.2 Å². The highest BCUT2D eigenvalue weighted by Crippen LogP contribution is 2.20. The van der Waals surface area contributed by atoms with Gasteiger partial charge in [0.15, 0.2) is 0 Å². The van der Waals surface area contributed by atoms with Gasteiger partial charge in [0.1, 0.15) is 24.1 Å². The molecule has 0 bridgehead atoms. The van der Waals surface area contributed by atoms with E-state index in [2.05, 4.69) is 27.3 Å². The summed E-state index contributed by atoms with van der Waals surface area (Å²) in [6, 6.07) is 3.33. The number of halogens is 2. The van der Waals surface area contributed by atoms with Crippen LogP contribution in [-0.4, -0.2) is 30.3 Å². The second-order valence-corrected chi connectivity index (χ2v) is 5.78. The molecule has 134 valence electrons. The highest BCUT2D eigenvalue weighted by molar-refractivity contribution is 6.10. The predicted octanol–water partition coefficient (Wildman–Crippen LogP) is 3.54. The van der Waals surface area contributed by atoms with Crippen LogP contribution in [0.15, 0.2) is 76.0 Å². The van der Waals surface area contributed by atoms with Crippen LogP contribution in [0.25, 0.3) is 0 Å². The summed E-state index contributed by atoms with van der Waals surface area (Å²) in [5, 5.41) is 4.70. The Balaban J connectivity index is 1.76. The number of aliphatic imine (C=N–C) groups is 2. The molecule has 0 fully saturated rings. The molecule has 2 aliphatic heterocycles. The van der Waals surface area contributed by atoms with Gasteiger partial charge in [-0.1, -0.05) is 6.58 Å². The lowest BCUT2D eigenvalue weighted by molar-refractivity contribution is 0.450. The van der Waals surface area contributed by atoms with Crippen LogP contribution in [0.2, 0.25) is 0 Å². The fourth-order valence-corrected chi connectivity index (χ4v) is 2.57. The van der Waals surface area contributed by atoms with Crippen molar-refractivity contribution in [1.82, 2.24) is 10.4 Å². The maximum absolute atomic E-state index is 13.8. The quantitative estimate of drug-likeness (QED) is 0.795. The summed E-state index contributed by atoms with van der Waals surface area (Å²) in [6.07, 6.45) is 7.69. The third kappa shape index (κ3) is 3.78. The number of benzene rings is 1. The number of anilines is 1. The summed E-state index contributed by atoms with van der Waals surface area (Å²) in [5.41, 5.74) is 6.18. The first-order valence-electron chi connectivity index (χ1n) is 8.02. The fraction of sp³-hybridized carbons (Fsp3) is 0.158. The van der Waals surface area contributed by atoms with Crippen molar-refractivity contribution in [3.05, 3.63) is 77.7 Å². The molecule has 1 aromatic rings. The van der Waals surface area contributed by atoms with E-state index >= 15 is 0 Å². The molecular formula is C19H19F2N5. The van der Waals surface area contributed by atoms with Crippen molar-refractivity contribution in [3.8, 4) is 0 Å². The second-order valence-electron chi connectivity index (χ2n) is 5.78. The minimum Gasteiger partial charge on any atom is -0.352 e. The number of hydrazine groups is 1. The SMILES string of the molecule is C=C(Nc1ccc(F)cc1F)C(/C=C(\C)C1=CN2NCN=C2C=C1)=NC. The number of hydrogen-bond donors (Lipinski definition) is 2. The Bertz CT molecular complexity index is 893. The molecule has 0 aliphatic carbocycles. The molecule has 0 atom stereocenters. The van der Waals surface area contributed by atoms with E-state index in [1.807, 2.05) is 36.4 Å². The molecule has 0 radical (unpaired) electrons.